The van der Waals surface area contributed by atoms with E-state index in [0.717, 1.165) is 0 Å². The molecule has 0 atom stereocenters. The van der Waals surface area contributed by atoms with E-state index in [-0.39, 0.29) is 18.1 Å². The van der Waals surface area contributed by atoms with E-state index in [4.69, 9.17) is 18.9 Å². The number of benzene rings is 2. The van der Waals surface area contributed by atoms with E-state index in [2.05, 4.69) is 4.98 Å². The predicted molar refractivity (Wildman–Crippen MR) is 130 cm³/mol. The zero-order chi connectivity index (χ0) is 24.5. The molecule has 3 rings (SSSR count). The summed E-state index contributed by atoms with van der Waals surface area (Å²) in [4.78, 5) is 31.0. The Bertz CT molecular complexity index is 1090. The Morgan fingerprint density at radius 1 is 0.941 bits per heavy atom. The zero-order valence-corrected chi connectivity index (χ0v) is 20.5. The number of carbonyl (C=O) groups excluding carboxylic acids is 2. The Labute approximate surface area is 203 Å². The molecule has 0 aliphatic heterocycles. The van der Waals surface area contributed by atoms with Crippen LogP contribution in [0.4, 0.5) is 10.8 Å². The predicted octanol–water partition coefficient (Wildman–Crippen LogP) is 5.38. The molecule has 0 aliphatic rings. The second-order valence-electron chi connectivity index (χ2n) is 6.99. The van der Waals surface area contributed by atoms with Crippen LogP contribution in [0.3, 0.4) is 0 Å². The third kappa shape index (κ3) is 6.05. The van der Waals surface area contributed by atoms with Gasteiger partial charge in [-0.1, -0.05) is 18.2 Å². The zero-order valence-electron chi connectivity index (χ0n) is 19.7. The maximum Gasteiger partial charge on any atom is 0.338 e. The average molecular weight is 485 g/mol. The van der Waals surface area contributed by atoms with Crippen molar-refractivity contribution in [2.45, 2.75) is 34.3 Å². The van der Waals surface area contributed by atoms with Gasteiger partial charge in [0.1, 0.15) is 6.61 Å². The van der Waals surface area contributed by atoms with Crippen molar-refractivity contribution >= 4 is 34.0 Å². The van der Waals surface area contributed by atoms with Crippen molar-refractivity contribution in [1.29, 1.82) is 0 Å². The van der Waals surface area contributed by atoms with Gasteiger partial charge in [0.05, 0.1) is 36.8 Å². The molecule has 1 heterocycles. The molecule has 9 heteroatoms. The van der Waals surface area contributed by atoms with Crippen LogP contribution in [0.25, 0.3) is 0 Å². The van der Waals surface area contributed by atoms with Crippen molar-refractivity contribution in [1.82, 2.24) is 4.98 Å². The van der Waals surface area contributed by atoms with Crippen molar-refractivity contribution in [3.63, 3.8) is 0 Å². The van der Waals surface area contributed by atoms with Gasteiger partial charge in [-0.15, -0.1) is 11.3 Å². The minimum atomic E-state index is -0.550. The maximum atomic E-state index is 12.8. The summed E-state index contributed by atoms with van der Waals surface area (Å²) in [6.45, 7) is 8.22. The van der Waals surface area contributed by atoms with Crippen molar-refractivity contribution in [3.05, 3.63) is 59.1 Å². The van der Waals surface area contributed by atoms with Crippen LogP contribution < -0.4 is 19.1 Å². The minimum absolute atomic E-state index is 0.0446. The van der Waals surface area contributed by atoms with Gasteiger partial charge in [-0.2, -0.15) is 0 Å². The Hall–Kier alpha value is -3.59. The Balaban J connectivity index is 1.77. The average Bonchev–Trinajstić information content (AvgIpc) is 3.28. The second kappa shape index (κ2) is 12.0. The van der Waals surface area contributed by atoms with Gasteiger partial charge in [-0.25, -0.2) is 9.78 Å². The van der Waals surface area contributed by atoms with Crippen molar-refractivity contribution in [3.8, 4) is 17.2 Å². The van der Waals surface area contributed by atoms with E-state index in [1.807, 2.05) is 51.1 Å². The van der Waals surface area contributed by atoms with Crippen LogP contribution >= 0.6 is 11.3 Å². The van der Waals surface area contributed by atoms with Crippen molar-refractivity contribution in [2.75, 3.05) is 24.7 Å². The molecule has 1 amide bonds. The summed E-state index contributed by atoms with van der Waals surface area (Å²) in [6, 6.07) is 12.4. The molecule has 0 aliphatic carbocycles. The van der Waals surface area contributed by atoms with E-state index < -0.39 is 5.97 Å². The third-order valence-electron chi connectivity index (χ3n) is 4.56. The fraction of sp³-hybridized carbons (Fsp3) is 0.320. The number of anilines is 2. The van der Waals surface area contributed by atoms with E-state index in [1.54, 1.807) is 17.5 Å². The number of ether oxygens (including phenoxy) is 4. The van der Waals surface area contributed by atoms with Crippen LogP contribution in [-0.4, -0.2) is 36.7 Å². The van der Waals surface area contributed by atoms with Gasteiger partial charge in [0.15, 0.2) is 16.6 Å². The quantitative estimate of drug-likeness (QED) is 0.338. The molecule has 0 bridgehead atoms. The fourth-order valence-electron chi connectivity index (χ4n) is 3.20. The van der Waals surface area contributed by atoms with Crippen LogP contribution in [0.1, 0.15) is 43.7 Å². The molecule has 3 aromatic rings. The second-order valence-corrected chi connectivity index (χ2v) is 7.82. The van der Waals surface area contributed by atoms with Crippen LogP contribution in [0.15, 0.2) is 47.8 Å². The van der Waals surface area contributed by atoms with Gasteiger partial charge >= 0.3 is 5.97 Å². The van der Waals surface area contributed by atoms with Crippen LogP contribution in [-0.2, 0) is 16.1 Å². The highest BCUT2D eigenvalue weighted by Gasteiger charge is 2.21. The lowest BCUT2D eigenvalue weighted by molar-refractivity contribution is -0.115. The lowest BCUT2D eigenvalue weighted by Gasteiger charge is -2.17. The molecule has 2 aromatic carbocycles. The number of hydrogen-bond donors (Lipinski definition) is 0. The number of amides is 1. The van der Waals surface area contributed by atoms with E-state index >= 15 is 0 Å². The molecular formula is C25H28N2O6S. The Morgan fingerprint density at radius 2 is 1.56 bits per heavy atom. The van der Waals surface area contributed by atoms with Gasteiger partial charge in [-0.05, 0) is 45.0 Å². The summed E-state index contributed by atoms with van der Waals surface area (Å²) in [5.74, 6) is 0.574. The first-order valence-corrected chi connectivity index (χ1v) is 11.9. The van der Waals surface area contributed by atoms with Gasteiger partial charge in [0.2, 0.25) is 11.7 Å². The van der Waals surface area contributed by atoms with Crippen LogP contribution in [0, 0.1) is 0 Å². The first-order chi connectivity index (χ1) is 16.5. The molecule has 34 heavy (non-hydrogen) atoms. The topological polar surface area (TPSA) is 87.2 Å². The lowest BCUT2D eigenvalue weighted by Crippen LogP contribution is -2.22. The van der Waals surface area contributed by atoms with Gasteiger partial charge in [0.25, 0.3) is 0 Å². The molecule has 0 radical (unpaired) electrons. The van der Waals surface area contributed by atoms with E-state index in [1.165, 1.54) is 23.2 Å². The number of aromatic nitrogens is 1. The van der Waals surface area contributed by atoms with Crippen LogP contribution in [0.5, 0.6) is 17.2 Å². The molecule has 1 aromatic heterocycles. The molecule has 0 fully saturated rings. The standard InChI is InChI=1S/C25H28N2O6S/c1-5-30-21-13-18(14-22(31-6-2)23(21)32-7-3)24(29)33-15-19-16-34-25(26-19)27(17(4)28)20-11-9-8-10-12-20/h8-14,16H,5-7,15H2,1-4H3. The maximum absolute atomic E-state index is 12.8. The molecule has 0 unspecified atom stereocenters. The number of carbonyl (C=O) groups is 2. The molecule has 0 spiro atoms. The summed E-state index contributed by atoms with van der Waals surface area (Å²) >= 11 is 1.30. The number of rotatable bonds is 11. The molecule has 0 saturated carbocycles. The number of nitrogens with zero attached hydrogens (tertiary/aromatic N) is 2. The monoisotopic (exact) mass is 484 g/mol. The SMILES string of the molecule is CCOc1cc(C(=O)OCc2csc(N(C(C)=O)c3ccccc3)n2)cc(OCC)c1OCC. The van der Waals surface area contributed by atoms with E-state index in [9.17, 15) is 9.59 Å². The minimum Gasteiger partial charge on any atom is -0.490 e. The van der Waals surface area contributed by atoms with Gasteiger partial charge in [-0.3, -0.25) is 9.69 Å². The number of thiazole rings is 1. The summed E-state index contributed by atoms with van der Waals surface area (Å²) in [5, 5.41) is 2.26. The van der Waals surface area contributed by atoms with Crippen LogP contribution in [0.2, 0.25) is 0 Å². The molecular weight excluding hydrogens is 456 g/mol. The van der Waals surface area contributed by atoms with Crippen molar-refractivity contribution in [2.24, 2.45) is 0 Å². The smallest absolute Gasteiger partial charge is 0.338 e. The largest absolute Gasteiger partial charge is 0.490 e. The first-order valence-electron chi connectivity index (χ1n) is 11.0. The third-order valence-corrected chi connectivity index (χ3v) is 5.43. The summed E-state index contributed by atoms with van der Waals surface area (Å²) in [6.07, 6.45) is 0. The highest BCUT2D eigenvalue weighted by atomic mass is 32.1. The molecule has 180 valence electrons. The number of hydrogen-bond acceptors (Lipinski definition) is 8. The summed E-state index contributed by atoms with van der Waals surface area (Å²) < 4.78 is 22.5. The normalized spacial score (nSPS) is 10.5. The Kier molecular flexibility index (Phi) is 8.86. The first kappa shape index (κ1) is 25.0. The van der Waals surface area contributed by atoms with Gasteiger partial charge in [0, 0.05) is 12.3 Å². The Morgan fingerprint density at radius 3 is 2.12 bits per heavy atom. The molecule has 8 nitrogen and oxygen atoms in total. The summed E-state index contributed by atoms with van der Waals surface area (Å²) in [5.41, 5.74) is 1.53. The van der Waals surface area contributed by atoms with E-state index in [0.29, 0.717) is 53.6 Å². The lowest BCUT2D eigenvalue weighted by atomic mass is 10.2. The highest BCUT2D eigenvalue weighted by Crippen LogP contribution is 2.39. The van der Waals surface area contributed by atoms with Crippen molar-refractivity contribution < 1.29 is 28.5 Å². The number of esters is 1. The number of para-hydroxylation sites is 1. The molecule has 0 N–H and O–H groups in total. The fourth-order valence-corrected chi connectivity index (χ4v) is 4.07. The summed E-state index contributed by atoms with van der Waals surface area (Å²) in [7, 11) is 0. The highest BCUT2D eigenvalue weighted by molar-refractivity contribution is 7.14. The van der Waals surface area contributed by atoms with Gasteiger partial charge < -0.3 is 18.9 Å². The molecule has 0 saturated heterocycles.